The second-order valence-corrected chi connectivity index (χ2v) is 41.6. The minimum absolute atomic E-state index is 0. The minimum Gasteiger partial charge on any atom is -0.493 e. The number of aryl methyl sites for hydroxylation is 2. The van der Waals surface area contributed by atoms with E-state index in [1.54, 1.807) is 0 Å². The van der Waals surface area contributed by atoms with Gasteiger partial charge in [-0.2, -0.15) is 12.8 Å². The molecule has 752 valence electrons. The molecule has 2 aromatic rings. The van der Waals surface area contributed by atoms with Gasteiger partial charge in [0.05, 0.1) is 0 Å². The first-order valence-electron chi connectivity index (χ1n) is 59.7. The van der Waals surface area contributed by atoms with E-state index >= 15 is 0 Å². The van der Waals surface area contributed by atoms with Gasteiger partial charge in [-0.05, 0) is 73.9 Å². The third-order valence-electron chi connectivity index (χ3n) is 28.9. The molecule has 0 atom stereocenters. The Labute approximate surface area is 822 Å². The van der Waals surface area contributed by atoms with E-state index in [0.717, 1.165) is 61.0 Å². The molecule has 0 saturated carbocycles. The molecule has 1 aliphatic rings. The number of benzene rings is 2. The van der Waals surface area contributed by atoms with E-state index in [-0.39, 0.29) is 20.4 Å². The molecule has 3 rings (SSSR count). The average Bonchev–Trinajstić information content (AvgIpc) is 1.63. The fourth-order valence-electron chi connectivity index (χ4n) is 20.1. The van der Waals surface area contributed by atoms with Gasteiger partial charge in [0.25, 0.3) is 0 Å². The molecule has 2 aromatic carbocycles. The van der Waals surface area contributed by atoms with E-state index in [2.05, 4.69) is 103 Å². The topological polar surface area (TPSA) is 25.3 Å². The summed E-state index contributed by atoms with van der Waals surface area (Å²) in [6.45, 7) is 19.3. The second kappa shape index (κ2) is 109. The van der Waals surface area contributed by atoms with E-state index in [9.17, 15) is 5.53 Å². The first-order valence-corrected chi connectivity index (χ1v) is 59.7. The molecular weight excluding hydrogens is 1640 g/mol. The molecule has 3 heteroatoms. The number of allylic oxidation sites excluding steroid dienone is 2. The van der Waals surface area contributed by atoms with E-state index in [0.29, 0.717) is 0 Å². The second-order valence-electron chi connectivity index (χ2n) is 41.6. The van der Waals surface area contributed by atoms with Crippen molar-refractivity contribution in [3.8, 4) is 0 Å². The Balaban J connectivity index is 0.00000256. The summed E-state index contributed by atoms with van der Waals surface area (Å²) in [4.78, 5) is 0. The van der Waals surface area contributed by atoms with Crippen molar-refractivity contribution < 1.29 is 25.1 Å². The van der Waals surface area contributed by atoms with Crippen molar-refractivity contribution in [3.63, 3.8) is 0 Å². The molecule has 0 N–H and O–H groups in total. The van der Waals surface area contributed by atoms with Crippen molar-refractivity contribution in [1.82, 2.24) is 0 Å². The predicted octanol–water partition coefficient (Wildman–Crippen LogP) is 46.3. The van der Waals surface area contributed by atoms with Gasteiger partial charge in [0, 0.05) is 22.8 Å². The zero-order valence-corrected chi connectivity index (χ0v) is 90.0. The Morgan fingerprint density at radius 2 is 0.352 bits per heavy atom. The number of rotatable bonds is 102. The first kappa shape index (κ1) is 126. The molecule has 1 aliphatic heterocycles. The Bertz CT molecular complexity index is 2410. The maximum absolute atomic E-state index is 11.9. The van der Waals surface area contributed by atoms with Crippen LogP contribution in [-0.2, 0) is 33.3 Å². The normalized spacial score (nSPS) is 12.1. The molecule has 0 bridgehead atoms. The molecule has 0 aliphatic carbocycles. The number of hydrogen-bond donors (Lipinski definition) is 0. The van der Waals surface area contributed by atoms with Crippen LogP contribution in [0.1, 0.15) is 699 Å². The summed E-state index contributed by atoms with van der Waals surface area (Å²) in [7, 11) is 0. The maximum Gasteiger partial charge on any atom is 2.00 e. The van der Waals surface area contributed by atoms with E-state index in [4.69, 9.17) is 0 Å². The van der Waals surface area contributed by atoms with Gasteiger partial charge in [0.15, 0.2) is 0 Å². The number of unbranched alkanes of at least 4 members (excludes halogenated alkanes) is 94. The summed E-state index contributed by atoms with van der Waals surface area (Å²) in [5.41, 5.74) is 20.2. The molecule has 0 radical (unpaired) electrons. The third-order valence-corrected chi connectivity index (χ3v) is 28.9. The Hall–Kier alpha value is -1.82. The summed E-state index contributed by atoms with van der Waals surface area (Å²) in [5.74, 6) is 0. The summed E-state index contributed by atoms with van der Waals surface area (Å²) in [5, 5.41) is 0. The van der Waals surface area contributed by atoms with Crippen LogP contribution in [0.4, 0.5) is 0 Å². The van der Waals surface area contributed by atoms with Crippen molar-refractivity contribution >= 4 is 11.4 Å². The van der Waals surface area contributed by atoms with Gasteiger partial charge in [-0.1, -0.05) is 662 Å². The predicted molar refractivity (Wildman–Crippen MR) is 580 cm³/mol. The molecule has 2 nitrogen and oxygen atoms in total. The Kier molecular flexibility index (Phi) is 107. The summed E-state index contributed by atoms with van der Waals surface area (Å²) < 4.78 is 1.53. The SMILES string of the molecule is CCCCCCCCCCCCCCCCCCCCCCCCCCCc1cccc(C2=CC(CCCCC)=C(c3cccc(CCCCCCCCCCCCCCCCCCCCCCCCCCC)c3)[N+]2=[N-])c1.[CH2-]CCCCCCCCCCCCCCCCCCCCCCCC.[CH2-]CCCCCCCCCCCCCCCCCCCCCCCC.[Pd+2]. The molecular formula is C125H232N2Pd. The zero-order valence-electron chi connectivity index (χ0n) is 88.4. The maximum atomic E-state index is 11.9. The van der Waals surface area contributed by atoms with Gasteiger partial charge in [-0.15, -0.1) is 0 Å². The monoisotopic (exact) mass is 1870 g/mol. The summed E-state index contributed by atoms with van der Waals surface area (Å²) in [6, 6.07) is 18.2. The number of nitrogens with zero attached hydrogens (tertiary/aromatic N) is 2. The van der Waals surface area contributed by atoms with Crippen LogP contribution >= 0.6 is 0 Å². The molecule has 0 fully saturated rings. The molecule has 0 spiro atoms. The fraction of sp³-hybridized carbons (Fsp3) is 0.856. The van der Waals surface area contributed by atoms with Gasteiger partial charge in [-0.25, -0.2) is 4.70 Å². The van der Waals surface area contributed by atoms with Crippen LogP contribution in [0.25, 0.3) is 16.9 Å². The zero-order chi connectivity index (χ0) is 91.1. The molecule has 0 saturated heterocycles. The van der Waals surface area contributed by atoms with Crippen LogP contribution in [0.15, 0.2) is 60.2 Å². The summed E-state index contributed by atoms with van der Waals surface area (Å²) >= 11 is 0. The molecule has 128 heavy (non-hydrogen) atoms. The van der Waals surface area contributed by atoms with E-state index in [1.165, 1.54) is 638 Å². The fourth-order valence-corrected chi connectivity index (χ4v) is 20.1. The molecule has 0 unspecified atom stereocenters. The van der Waals surface area contributed by atoms with Crippen LogP contribution in [0.3, 0.4) is 0 Å². The smallest absolute Gasteiger partial charge is 0.493 e. The van der Waals surface area contributed by atoms with Gasteiger partial charge in [0.2, 0.25) is 11.4 Å². The van der Waals surface area contributed by atoms with Gasteiger partial charge < -0.3 is 19.4 Å². The van der Waals surface area contributed by atoms with E-state index < -0.39 is 0 Å². The standard InChI is InChI=1S/C75H130N2.2C25H51.Pd/c1-4-7-10-12-14-16-18-20-22-24-26-28-30-32-34-36-38-40-42-44-46-48-50-52-55-59-69-61-57-64-71(66-69)74-68-73(63-54-9-6-3)75(77(74)76)72-65-58-62-70(67-72)60-56-53-51-49-47-45-43-41-39-37-35-33-31-29-27-25-23-21-19-17-15-13-11-8-5-2;2*1-3-5-7-9-11-13-15-17-19-21-23-25-24-22-20-18-16-14-12-10-8-6-4-2;/h57-58,61-62,64-68H,4-56,59-60,63H2,1-3H3;2*1,3-25H2,2H3;/q;2*-1;+2. The van der Waals surface area contributed by atoms with Crippen molar-refractivity contribution in [2.24, 2.45) is 0 Å². The van der Waals surface area contributed by atoms with Crippen molar-refractivity contribution in [1.29, 1.82) is 0 Å². The Morgan fingerprint density at radius 3 is 0.547 bits per heavy atom. The van der Waals surface area contributed by atoms with Crippen molar-refractivity contribution in [2.45, 2.75) is 690 Å². The molecule has 1 heterocycles. The average molecular weight is 1870 g/mol. The Morgan fingerprint density at radius 1 is 0.195 bits per heavy atom. The largest absolute Gasteiger partial charge is 2.00 e. The number of hydrogen-bond acceptors (Lipinski definition) is 0. The minimum atomic E-state index is 0. The van der Waals surface area contributed by atoms with Gasteiger partial charge in [-0.3, -0.25) is 0 Å². The van der Waals surface area contributed by atoms with E-state index in [1.807, 2.05) is 0 Å². The third kappa shape index (κ3) is 89.4. The van der Waals surface area contributed by atoms with Crippen molar-refractivity contribution in [2.75, 3.05) is 0 Å². The quantitative estimate of drug-likeness (QED) is 0.0273. The molecule has 0 amide bonds. The van der Waals surface area contributed by atoms with Crippen molar-refractivity contribution in [3.05, 3.63) is 102 Å². The summed E-state index contributed by atoms with van der Waals surface area (Å²) in [6.07, 6.45) is 147. The first-order chi connectivity index (χ1) is 63.0. The van der Waals surface area contributed by atoms with Crippen LogP contribution in [0, 0.1) is 13.8 Å². The van der Waals surface area contributed by atoms with Crippen LogP contribution in [-0.4, -0.2) is 4.70 Å². The van der Waals surface area contributed by atoms with Gasteiger partial charge >= 0.3 is 20.4 Å². The van der Waals surface area contributed by atoms with Gasteiger partial charge in [0.1, 0.15) is 0 Å². The van der Waals surface area contributed by atoms with Crippen LogP contribution in [0.5, 0.6) is 0 Å². The van der Waals surface area contributed by atoms with Crippen LogP contribution in [0.2, 0.25) is 0 Å². The molecule has 0 aromatic heterocycles. The van der Waals surface area contributed by atoms with Crippen LogP contribution < -0.4 is 0 Å².